The zero-order valence-electron chi connectivity index (χ0n) is 16.2. The quantitative estimate of drug-likeness (QED) is 0.609. The van der Waals surface area contributed by atoms with Crippen molar-refractivity contribution in [2.75, 3.05) is 26.7 Å². The Morgan fingerprint density at radius 1 is 1.14 bits per heavy atom. The van der Waals surface area contributed by atoms with E-state index in [1.807, 2.05) is 47.4 Å². The summed E-state index contributed by atoms with van der Waals surface area (Å²) in [5, 5.41) is 4.12. The maximum absolute atomic E-state index is 11.6. The number of benzene rings is 2. The highest BCUT2D eigenvalue weighted by atomic mass is 35.5. The molecule has 1 amide bonds. The summed E-state index contributed by atoms with van der Waals surface area (Å²) in [5.41, 5.74) is 2.14. The second kappa shape index (κ2) is 10.3. The van der Waals surface area contributed by atoms with Crippen molar-refractivity contribution in [1.29, 1.82) is 0 Å². The molecule has 1 aliphatic rings. The molecule has 150 valence electrons. The van der Waals surface area contributed by atoms with E-state index in [0.717, 1.165) is 50.1 Å². The topological polar surface area (TPSA) is 50.8 Å². The average Bonchev–Trinajstić information content (AvgIpc) is 3.11. The number of hydrogen-bond acceptors (Lipinski definition) is 4. The van der Waals surface area contributed by atoms with Gasteiger partial charge in [-0.25, -0.2) is 0 Å². The van der Waals surface area contributed by atoms with Crippen LogP contribution in [0.3, 0.4) is 0 Å². The van der Waals surface area contributed by atoms with E-state index in [9.17, 15) is 4.79 Å². The van der Waals surface area contributed by atoms with E-state index in [2.05, 4.69) is 5.32 Å². The van der Waals surface area contributed by atoms with Crippen LogP contribution in [0.1, 0.15) is 30.4 Å². The first-order valence-electron chi connectivity index (χ1n) is 9.68. The number of likely N-dealkylation sites (tertiary alicyclic amines) is 1. The molecule has 3 rings (SSSR count). The predicted octanol–water partition coefficient (Wildman–Crippen LogP) is 4.03. The Bertz CT molecular complexity index is 797. The maximum Gasteiger partial charge on any atom is 0.222 e. The van der Waals surface area contributed by atoms with Crippen LogP contribution in [0.15, 0.2) is 42.5 Å². The van der Waals surface area contributed by atoms with Gasteiger partial charge in [-0.15, -0.1) is 0 Å². The predicted molar refractivity (Wildman–Crippen MR) is 111 cm³/mol. The van der Waals surface area contributed by atoms with Crippen molar-refractivity contribution in [3.63, 3.8) is 0 Å². The van der Waals surface area contributed by atoms with Gasteiger partial charge in [-0.1, -0.05) is 29.8 Å². The lowest BCUT2D eigenvalue weighted by Crippen LogP contribution is -2.28. The van der Waals surface area contributed by atoms with Crippen molar-refractivity contribution >= 4 is 17.5 Å². The normalized spacial score (nSPS) is 13.8. The van der Waals surface area contributed by atoms with E-state index in [-0.39, 0.29) is 5.91 Å². The summed E-state index contributed by atoms with van der Waals surface area (Å²) >= 11 is 6.01. The number of carbonyl (C=O) groups excluding carboxylic acids is 1. The number of methoxy groups -OCH3 is 1. The van der Waals surface area contributed by atoms with E-state index in [1.165, 1.54) is 0 Å². The number of ether oxygens (including phenoxy) is 2. The van der Waals surface area contributed by atoms with E-state index in [0.29, 0.717) is 29.5 Å². The molecular weight excluding hydrogens is 376 g/mol. The summed E-state index contributed by atoms with van der Waals surface area (Å²) in [5.74, 6) is 1.71. The summed E-state index contributed by atoms with van der Waals surface area (Å²) < 4.78 is 11.4. The zero-order chi connectivity index (χ0) is 19.8. The fraction of sp³-hybridized carbons (Fsp3) is 0.409. The van der Waals surface area contributed by atoms with Gasteiger partial charge in [0.1, 0.15) is 6.61 Å². The van der Waals surface area contributed by atoms with Crippen molar-refractivity contribution in [3.05, 3.63) is 58.6 Å². The fourth-order valence-corrected chi connectivity index (χ4v) is 3.51. The van der Waals surface area contributed by atoms with E-state index in [1.54, 1.807) is 7.11 Å². The third kappa shape index (κ3) is 5.88. The van der Waals surface area contributed by atoms with E-state index >= 15 is 0 Å². The van der Waals surface area contributed by atoms with Crippen molar-refractivity contribution in [2.45, 2.75) is 32.4 Å². The Morgan fingerprint density at radius 3 is 2.79 bits per heavy atom. The lowest BCUT2D eigenvalue weighted by atomic mass is 10.2. The van der Waals surface area contributed by atoms with Crippen LogP contribution < -0.4 is 14.8 Å². The molecule has 0 bridgehead atoms. The third-order valence-corrected chi connectivity index (χ3v) is 5.03. The first kappa shape index (κ1) is 20.5. The largest absolute Gasteiger partial charge is 0.493 e. The smallest absolute Gasteiger partial charge is 0.222 e. The molecule has 28 heavy (non-hydrogen) atoms. The second-order valence-corrected chi connectivity index (χ2v) is 7.35. The van der Waals surface area contributed by atoms with Crippen LogP contribution in [0.25, 0.3) is 0 Å². The second-order valence-electron chi connectivity index (χ2n) is 6.92. The summed E-state index contributed by atoms with van der Waals surface area (Å²) in [6, 6.07) is 13.6. The Hall–Kier alpha value is -2.24. The van der Waals surface area contributed by atoms with Crippen LogP contribution in [-0.2, 0) is 17.9 Å². The molecule has 0 atom stereocenters. The van der Waals surface area contributed by atoms with Gasteiger partial charge in [0.2, 0.25) is 5.91 Å². The number of carbonyl (C=O) groups is 1. The first-order valence-corrected chi connectivity index (χ1v) is 10.1. The number of amides is 1. The molecule has 5 nitrogen and oxygen atoms in total. The van der Waals surface area contributed by atoms with Crippen molar-refractivity contribution in [1.82, 2.24) is 10.2 Å². The van der Waals surface area contributed by atoms with Crippen LogP contribution in [0.2, 0.25) is 5.02 Å². The molecule has 6 heteroatoms. The molecule has 0 spiro atoms. The molecule has 1 fully saturated rings. The van der Waals surface area contributed by atoms with E-state index in [4.69, 9.17) is 21.1 Å². The Morgan fingerprint density at radius 2 is 2.04 bits per heavy atom. The molecule has 0 radical (unpaired) electrons. The Balaban J connectivity index is 1.45. The maximum atomic E-state index is 11.6. The van der Waals surface area contributed by atoms with Crippen LogP contribution in [0.4, 0.5) is 0 Å². The van der Waals surface area contributed by atoms with Gasteiger partial charge < -0.3 is 19.7 Å². The minimum Gasteiger partial charge on any atom is -0.493 e. The number of nitrogens with zero attached hydrogens (tertiary/aromatic N) is 1. The highest BCUT2D eigenvalue weighted by Crippen LogP contribution is 2.29. The number of rotatable bonds is 10. The first-order chi connectivity index (χ1) is 13.7. The van der Waals surface area contributed by atoms with Crippen LogP contribution in [0, 0.1) is 0 Å². The van der Waals surface area contributed by atoms with Crippen LogP contribution in [0.5, 0.6) is 11.5 Å². The lowest BCUT2D eigenvalue weighted by Gasteiger charge is -2.15. The van der Waals surface area contributed by atoms with Gasteiger partial charge in [-0.3, -0.25) is 4.79 Å². The number of hydrogen-bond donors (Lipinski definition) is 1. The van der Waals surface area contributed by atoms with E-state index < -0.39 is 0 Å². The zero-order valence-corrected chi connectivity index (χ0v) is 17.0. The molecular formula is C22H27ClN2O3. The molecule has 0 aromatic heterocycles. The summed E-state index contributed by atoms with van der Waals surface area (Å²) in [7, 11) is 1.64. The standard InChI is InChI=1S/C22H27ClN2O3/c1-27-21-14-17(15-24-10-4-12-25-11-3-7-22(25)26)8-9-20(21)28-16-18-5-2-6-19(23)13-18/h2,5-6,8-9,13-14,24H,3-4,7,10-12,15-16H2,1H3. The lowest BCUT2D eigenvalue weighted by molar-refractivity contribution is -0.127. The monoisotopic (exact) mass is 402 g/mol. The van der Waals surface area contributed by atoms with Crippen LogP contribution >= 0.6 is 11.6 Å². The average molecular weight is 403 g/mol. The SMILES string of the molecule is COc1cc(CNCCCN2CCCC2=O)ccc1OCc1cccc(Cl)c1. The highest BCUT2D eigenvalue weighted by Gasteiger charge is 2.18. The van der Waals surface area contributed by atoms with Crippen molar-refractivity contribution in [3.8, 4) is 11.5 Å². The minimum atomic E-state index is 0.290. The van der Waals surface area contributed by atoms with Gasteiger partial charge >= 0.3 is 0 Å². The summed E-state index contributed by atoms with van der Waals surface area (Å²) in [4.78, 5) is 13.6. The van der Waals surface area contributed by atoms with Gasteiger partial charge in [0.05, 0.1) is 7.11 Å². The fourth-order valence-electron chi connectivity index (χ4n) is 3.30. The molecule has 0 aliphatic carbocycles. The van der Waals surface area contributed by atoms with Crippen molar-refractivity contribution < 1.29 is 14.3 Å². The Kier molecular flexibility index (Phi) is 7.57. The molecule has 1 saturated heterocycles. The van der Waals surface area contributed by atoms with Gasteiger partial charge in [-0.2, -0.15) is 0 Å². The van der Waals surface area contributed by atoms with Gasteiger partial charge in [0.15, 0.2) is 11.5 Å². The third-order valence-electron chi connectivity index (χ3n) is 4.79. The molecule has 0 unspecified atom stereocenters. The Labute approximate surface area is 171 Å². The molecule has 0 saturated carbocycles. The van der Waals surface area contributed by atoms with Gasteiger partial charge in [0, 0.05) is 31.1 Å². The van der Waals surface area contributed by atoms with Crippen molar-refractivity contribution in [2.24, 2.45) is 0 Å². The summed E-state index contributed by atoms with van der Waals surface area (Å²) in [6.07, 6.45) is 2.67. The molecule has 2 aromatic carbocycles. The van der Waals surface area contributed by atoms with Crippen LogP contribution in [-0.4, -0.2) is 37.6 Å². The molecule has 1 N–H and O–H groups in total. The molecule has 2 aromatic rings. The van der Waals surface area contributed by atoms with Gasteiger partial charge in [0.25, 0.3) is 0 Å². The number of nitrogens with one attached hydrogen (secondary N) is 1. The number of halogens is 1. The molecule has 1 aliphatic heterocycles. The molecule has 1 heterocycles. The highest BCUT2D eigenvalue weighted by molar-refractivity contribution is 6.30. The minimum absolute atomic E-state index is 0.290. The van der Waals surface area contributed by atoms with Gasteiger partial charge in [-0.05, 0) is 54.8 Å². The summed E-state index contributed by atoms with van der Waals surface area (Å²) in [6.45, 7) is 3.81.